The molecule has 0 aliphatic heterocycles. The maximum atomic E-state index is 12.9. The molecule has 0 radical (unpaired) electrons. The van der Waals surface area contributed by atoms with Gasteiger partial charge in [0.2, 0.25) is 0 Å². The van der Waals surface area contributed by atoms with Crippen LogP contribution in [0.3, 0.4) is 0 Å². The van der Waals surface area contributed by atoms with Crippen molar-refractivity contribution in [3.63, 3.8) is 0 Å². The monoisotopic (exact) mass is 1090 g/mol. The number of carbonyl (C=O) groups excluding carboxylic acids is 3. The van der Waals surface area contributed by atoms with Gasteiger partial charge in [0.1, 0.15) is 13.2 Å². The Hall–Kier alpha value is -2.63. The summed E-state index contributed by atoms with van der Waals surface area (Å²) in [5.41, 5.74) is 0. The highest BCUT2D eigenvalue weighted by molar-refractivity contribution is 5.71. The van der Waals surface area contributed by atoms with Crippen LogP contribution in [0.5, 0.6) is 0 Å². The normalized spacial score (nSPS) is 12.3. The topological polar surface area (TPSA) is 78.9 Å². The first-order chi connectivity index (χ1) is 38.5. The highest BCUT2D eigenvalue weighted by Crippen LogP contribution is 2.18. The molecule has 0 heterocycles. The van der Waals surface area contributed by atoms with E-state index < -0.39 is 6.10 Å². The van der Waals surface area contributed by atoms with E-state index in [1.54, 1.807) is 0 Å². The van der Waals surface area contributed by atoms with Crippen LogP contribution in [0, 0.1) is 0 Å². The summed E-state index contributed by atoms with van der Waals surface area (Å²) in [6.45, 7) is 6.68. The molecule has 0 saturated carbocycles. The zero-order valence-corrected chi connectivity index (χ0v) is 52.5. The molecule has 0 aromatic heterocycles. The quantitative estimate of drug-likeness (QED) is 0.0261. The van der Waals surface area contributed by atoms with Crippen LogP contribution in [-0.4, -0.2) is 37.2 Å². The molecule has 0 aromatic carbocycles. The van der Waals surface area contributed by atoms with Gasteiger partial charge in [-0.15, -0.1) is 0 Å². The average molecular weight is 1090 g/mol. The van der Waals surface area contributed by atoms with Gasteiger partial charge in [-0.05, 0) is 83.5 Å². The van der Waals surface area contributed by atoms with Gasteiger partial charge in [-0.2, -0.15) is 0 Å². The second-order valence-corrected chi connectivity index (χ2v) is 23.4. The molecule has 0 saturated heterocycles. The maximum Gasteiger partial charge on any atom is 0.306 e. The molecule has 0 rings (SSSR count). The van der Waals surface area contributed by atoms with E-state index in [4.69, 9.17) is 14.2 Å². The number of ether oxygens (including phenoxy) is 3. The van der Waals surface area contributed by atoms with E-state index in [0.29, 0.717) is 19.3 Å². The predicted molar refractivity (Wildman–Crippen MR) is 339 cm³/mol. The molecule has 0 fully saturated rings. The van der Waals surface area contributed by atoms with E-state index >= 15 is 0 Å². The highest BCUT2D eigenvalue weighted by atomic mass is 16.6. The standard InChI is InChI=1S/C72H132O6/c1-4-7-10-13-16-19-22-25-27-29-31-32-33-34-35-36-37-38-39-40-41-43-44-47-50-53-56-59-62-65-71(74)77-68-69(67-76-70(73)64-61-58-55-52-49-46-24-21-18-15-12-9-6-3)78-72(75)66-63-60-57-54-51-48-45-42-30-28-26-23-20-17-14-11-8-5-2/h22,25,28-31,33-34,69H,4-21,23-24,26-27,32,35-68H2,1-3H3/b25-22-,30-28-,31-29-,34-33-. The lowest BCUT2D eigenvalue weighted by Crippen LogP contribution is -2.30. The Kier molecular flexibility index (Phi) is 64.6. The first-order valence-electron chi connectivity index (χ1n) is 34.6. The van der Waals surface area contributed by atoms with Gasteiger partial charge in [-0.25, -0.2) is 0 Å². The van der Waals surface area contributed by atoms with Crippen LogP contribution in [-0.2, 0) is 28.6 Å². The van der Waals surface area contributed by atoms with Gasteiger partial charge in [-0.1, -0.05) is 320 Å². The molecule has 0 aromatic rings. The lowest BCUT2D eigenvalue weighted by atomic mass is 10.0. The summed E-state index contributed by atoms with van der Waals surface area (Å²) in [7, 11) is 0. The number of unbranched alkanes of at least 4 members (excludes halogenated alkanes) is 45. The van der Waals surface area contributed by atoms with Crippen LogP contribution in [0.15, 0.2) is 48.6 Å². The fraction of sp³-hybridized carbons (Fsp3) is 0.847. The zero-order valence-electron chi connectivity index (χ0n) is 52.5. The molecule has 0 aliphatic carbocycles. The SMILES string of the molecule is CCCCCCC/C=C\C/C=C\C/C=C\CCCCCCCCCCCCCCCCC(=O)OCC(COC(=O)CCCCCCCCCCCCCCC)OC(=O)CCCCCCCCC/C=C\CCCCCCCCC. The summed E-state index contributed by atoms with van der Waals surface area (Å²) < 4.78 is 17.0. The third-order valence-corrected chi connectivity index (χ3v) is 15.6. The molecule has 6 nitrogen and oxygen atoms in total. The zero-order chi connectivity index (χ0) is 56.4. The predicted octanol–water partition coefficient (Wildman–Crippen LogP) is 23.7. The van der Waals surface area contributed by atoms with Crippen LogP contribution in [0.4, 0.5) is 0 Å². The minimum absolute atomic E-state index is 0.0700. The first kappa shape index (κ1) is 75.4. The van der Waals surface area contributed by atoms with Gasteiger partial charge in [0.15, 0.2) is 6.10 Å². The summed E-state index contributed by atoms with van der Waals surface area (Å²) in [4.78, 5) is 38.4. The van der Waals surface area contributed by atoms with Gasteiger partial charge in [0.05, 0.1) is 0 Å². The van der Waals surface area contributed by atoms with Gasteiger partial charge in [0.25, 0.3) is 0 Å². The van der Waals surface area contributed by atoms with Crippen molar-refractivity contribution < 1.29 is 28.6 Å². The summed E-state index contributed by atoms with van der Waals surface area (Å²) in [5, 5.41) is 0. The second-order valence-electron chi connectivity index (χ2n) is 23.4. The van der Waals surface area contributed by atoms with Gasteiger partial charge in [0, 0.05) is 19.3 Å². The van der Waals surface area contributed by atoms with E-state index in [2.05, 4.69) is 69.4 Å². The Morgan fingerprint density at radius 2 is 0.462 bits per heavy atom. The smallest absolute Gasteiger partial charge is 0.306 e. The average Bonchev–Trinajstić information content (AvgIpc) is 3.44. The third kappa shape index (κ3) is 64.2. The number of rotatable bonds is 64. The van der Waals surface area contributed by atoms with E-state index in [-0.39, 0.29) is 31.1 Å². The van der Waals surface area contributed by atoms with Crippen molar-refractivity contribution >= 4 is 17.9 Å². The highest BCUT2D eigenvalue weighted by Gasteiger charge is 2.19. The van der Waals surface area contributed by atoms with Crippen molar-refractivity contribution in [2.75, 3.05) is 13.2 Å². The lowest BCUT2D eigenvalue weighted by Gasteiger charge is -2.18. The van der Waals surface area contributed by atoms with Crippen molar-refractivity contribution in [3.8, 4) is 0 Å². The van der Waals surface area contributed by atoms with Gasteiger partial charge < -0.3 is 14.2 Å². The van der Waals surface area contributed by atoms with Crippen LogP contribution in [0.25, 0.3) is 0 Å². The Morgan fingerprint density at radius 1 is 0.256 bits per heavy atom. The Labute approximate surface area is 486 Å². The van der Waals surface area contributed by atoms with Crippen molar-refractivity contribution in [1.82, 2.24) is 0 Å². The van der Waals surface area contributed by atoms with Crippen molar-refractivity contribution in [3.05, 3.63) is 48.6 Å². The molecule has 0 bridgehead atoms. The molecular formula is C72H132O6. The van der Waals surface area contributed by atoms with Crippen LogP contribution in [0.1, 0.15) is 374 Å². The van der Waals surface area contributed by atoms with Crippen LogP contribution in [0.2, 0.25) is 0 Å². The van der Waals surface area contributed by atoms with E-state index in [0.717, 1.165) is 70.6 Å². The van der Waals surface area contributed by atoms with Crippen molar-refractivity contribution in [2.24, 2.45) is 0 Å². The molecule has 1 unspecified atom stereocenters. The molecule has 78 heavy (non-hydrogen) atoms. The summed E-state index contributed by atoms with van der Waals surface area (Å²) in [6, 6.07) is 0. The Morgan fingerprint density at radius 3 is 0.731 bits per heavy atom. The van der Waals surface area contributed by atoms with Crippen LogP contribution >= 0.6 is 0 Å². The summed E-state index contributed by atoms with van der Waals surface area (Å²) in [6.07, 6.45) is 84.2. The fourth-order valence-corrected chi connectivity index (χ4v) is 10.3. The number of allylic oxidation sites excluding steroid dienone is 8. The molecule has 0 N–H and O–H groups in total. The van der Waals surface area contributed by atoms with Gasteiger partial charge >= 0.3 is 17.9 Å². The number of hydrogen-bond donors (Lipinski definition) is 0. The van der Waals surface area contributed by atoms with E-state index in [9.17, 15) is 14.4 Å². The Balaban J connectivity index is 4.21. The molecule has 1 atom stereocenters. The number of hydrogen-bond acceptors (Lipinski definition) is 6. The largest absolute Gasteiger partial charge is 0.462 e. The molecule has 0 amide bonds. The van der Waals surface area contributed by atoms with Crippen LogP contribution < -0.4 is 0 Å². The molecule has 456 valence electrons. The summed E-state index contributed by atoms with van der Waals surface area (Å²) in [5.74, 6) is -0.851. The summed E-state index contributed by atoms with van der Waals surface area (Å²) >= 11 is 0. The number of esters is 3. The van der Waals surface area contributed by atoms with E-state index in [1.807, 2.05) is 0 Å². The minimum Gasteiger partial charge on any atom is -0.462 e. The van der Waals surface area contributed by atoms with Crippen molar-refractivity contribution in [2.45, 2.75) is 380 Å². The number of carbonyl (C=O) groups is 3. The molecule has 0 spiro atoms. The third-order valence-electron chi connectivity index (χ3n) is 15.6. The van der Waals surface area contributed by atoms with E-state index in [1.165, 1.54) is 263 Å². The van der Waals surface area contributed by atoms with Crippen molar-refractivity contribution in [1.29, 1.82) is 0 Å². The Bertz CT molecular complexity index is 1350. The first-order valence-corrected chi connectivity index (χ1v) is 34.6. The van der Waals surface area contributed by atoms with Gasteiger partial charge in [-0.3, -0.25) is 14.4 Å². The molecular weight excluding hydrogens is 961 g/mol. The maximum absolute atomic E-state index is 12.9. The molecule has 6 heteroatoms. The minimum atomic E-state index is -0.774. The second kappa shape index (κ2) is 66.9. The molecule has 0 aliphatic rings. The lowest BCUT2D eigenvalue weighted by molar-refractivity contribution is -0.167. The fourth-order valence-electron chi connectivity index (χ4n) is 10.3.